The van der Waals surface area contributed by atoms with E-state index in [-0.39, 0.29) is 26.9 Å². The molecule has 0 aliphatic heterocycles. The van der Waals surface area contributed by atoms with E-state index >= 15 is 0 Å². The van der Waals surface area contributed by atoms with Gasteiger partial charge >= 0.3 is 19.5 Å². The summed E-state index contributed by atoms with van der Waals surface area (Å²) in [6.45, 7) is 1.94. The summed E-state index contributed by atoms with van der Waals surface area (Å²) in [5, 5.41) is 17.8. The van der Waals surface area contributed by atoms with Crippen molar-refractivity contribution >= 4 is 11.9 Å². The monoisotopic (exact) mass is 198 g/mol. The van der Waals surface area contributed by atoms with E-state index in [2.05, 4.69) is 0 Å². The van der Waals surface area contributed by atoms with Gasteiger partial charge in [-0.25, -0.2) is 0 Å². The average Bonchev–Trinajstić information content (AvgIpc) is 1.25. The van der Waals surface area contributed by atoms with Crippen LogP contribution in [0.25, 0.3) is 0 Å². The Hall–Kier alpha value is -0.437. The largest absolute Gasteiger partial charge is 2.00 e. The van der Waals surface area contributed by atoms with Gasteiger partial charge in [0.15, 0.2) is 0 Å². The zero-order chi connectivity index (χ0) is 7.15. The summed E-state index contributed by atoms with van der Waals surface area (Å²) in [4.78, 5) is 17.8. The Bertz CT molecular complexity index is 71.6. The van der Waals surface area contributed by atoms with Gasteiger partial charge in [0, 0.05) is 11.9 Å². The van der Waals surface area contributed by atoms with Crippen LogP contribution in [-0.2, 0) is 29.1 Å². The first kappa shape index (κ1) is 22.7. The number of hydrogen-bond donors (Lipinski definition) is 0. The molecule has 0 aromatic carbocycles. The Kier molecular flexibility index (Phi) is 35.9. The maximum Gasteiger partial charge on any atom is 2.00 e. The van der Waals surface area contributed by atoms with E-state index in [0.717, 1.165) is 13.8 Å². The van der Waals surface area contributed by atoms with Gasteiger partial charge < -0.3 is 19.8 Å². The number of carboxylic acid groups (broad SMARTS) is 2. The van der Waals surface area contributed by atoms with Gasteiger partial charge in [-0.15, -0.1) is 0 Å². The van der Waals surface area contributed by atoms with Crippen molar-refractivity contribution in [2.24, 2.45) is 0 Å². The molecule has 5 heteroatoms. The average molecular weight is 200 g/mol. The van der Waals surface area contributed by atoms with Crippen molar-refractivity contribution in [1.82, 2.24) is 0 Å². The van der Waals surface area contributed by atoms with E-state index in [9.17, 15) is 0 Å². The summed E-state index contributed by atoms with van der Waals surface area (Å²) in [5.41, 5.74) is 0. The first-order valence-corrected chi connectivity index (χ1v) is 1.82. The minimum Gasteiger partial charge on any atom is -0.550 e. The fourth-order valence-corrected chi connectivity index (χ4v) is 0. The van der Waals surface area contributed by atoms with Crippen LogP contribution in [0.15, 0.2) is 0 Å². The van der Waals surface area contributed by atoms with E-state index < -0.39 is 11.9 Å². The molecule has 0 aliphatic rings. The van der Waals surface area contributed by atoms with Crippen LogP contribution in [-0.4, -0.2) is 11.9 Å². The molecular weight excluding hydrogens is 189 g/mol. The van der Waals surface area contributed by atoms with E-state index in [1.54, 1.807) is 0 Å². The van der Waals surface area contributed by atoms with E-state index in [1.807, 2.05) is 0 Å². The Balaban J connectivity index is -0.0000000300. The van der Waals surface area contributed by atoms with Crippen molar-refractivity contribution in [2.45, 2.75) is 21.3 Å². The second-order valence-corrected chi connectivity index (χ2v) is 0.983. The second-order valence-electron chi connectivity index (χ2n) is 0.983. The fourth-order valence-electron chi connectivity index (χ4n) is 0. The van der Waals surface area contributed by atoms with E-state index in [1.165, 1.54) is 0 Å². The topological polar surface area (TPSA) is 80.3 Å². The van der Waals surface area contributed by atoms with Gasteiger partial charge in [0.25, 0.3) is 0 Å². The second kappa shape index (κ2) is 15.8. The summed E-state index contributed by atoms with van der Waals surface area (Å²) in [5.74, 6) is -2.17. The zero-order valence-electron chi connectivity index (χ0n) is 5.34. The standard InChI is InChI=1S/2C2H4O2.CH4.Zn/c2*1-2(3)4;;/h2*1H3,(H,3,4);1H4;/q;;;+2/p-2. The molecular formula is C5H10O4Zn. The number of hydrogen-bond acceptors (Lipinski definition) is 4. The molecule has 10 heavy (non-hydrogen) atoms. The van der Waals surface area contributed by atoms with Gasteiger partial charge in [0.2, 0.25) is 0 Å². The normalized spacial score (nSPS) is 5.00. The molecule has 56 valence electrons. The van der Waals surface area contributed by atoms with Crippen LogP contribution in [0.2, 0.25) is 0 Å². The third-order valence-electron chi connectivity index (χ3n) is 0. The Morgan fingerprint density at radius 3 is 1.00 bits per heavy atom. The molecule has 0 rings (SSSR count). The number of aliphatic carboxylic acids is 2. The summed E-state index contributed by atoms with van der Waals surface area (Å²) >= 11 is 0. The summed E-state index contributed by atoms with van der Waals surface area (Å²) in [7, 11) is 0. The molecule has 0 aromatic heterocycles. The van der Waals surface area contributed by atoms with Crippen LogP contribution < -0.4 is 10.2 Å². The molecule has 0 radical (unpaired) electrons. The van der Waals surface area contributed by atoms with Crippen molar-refractivity contribution in [2.75, 3.05) is 0 Å². The molecule has 0 saturated carbocycles. The SMILES string of the molecule is C.CC(=O)[O-].CC(=O)[O-].[Zn+2]. The van der Waals surface area contributed by atoms with Crippen molar-refractivity contribution in [3.8, 4) is 0 Å². The van der Waals surface area contributed by atoms with Crippen LogP contribution >= 0.6 is 0 Å². The molecule has 0 saturated heterocycles. The number of carboxylic acids is 2. The molecule has 0 fully saturated rings. The minimum absolute atomic E-state index is 0. The zero-order valence-corrected chi connectivity index (χ0v) is 8.31. The molecule has 0 atom stereocenters. The predicted molar refractivity (Wildman–Crippen MR) is 28.1 cm³/mol. The van der Waals surface area contributed by atoms with E-state index in [0.29, 0.717) is 0 Å². The molecule has 0 unspecified atom stereocenters. The van der Waals surface area contributed by atoms with Gasteiger partial charge in [0.1, 0.15) is 0 Å². The number of carbonyl (C=O) groups excluding carboxylic acids is 2. The van der Waals surface area contributed by atoms with Crippen molar-refractivity contribution in [1.29, 1.82) is 0 Å². The molecule has 0 aliphatic carbocycles. The van der Waals surface area contributed by atoms with Crippen LogP contribution in [0.4, 0.5) is 0 Å². The van der Waals surface area contributed by atoms with Gasteiger partial charge in [-0.05, 0) is 13.8 Å². The summed E-state index contributed by atoms with van der Waals surface area (Å²) in [6, 6.07) is 0. The predicted octanol–water partition coefficient (Wildman–Crippen LogP) is -1.85. The third kappa shape index (κ3) is 1710. The third-order valence-corrected chi connectivity index (χ3v) is 0. The fraction of sp³-hybridized carbons (Fsp3) is 0.600. The smallest absolute Gasteiger partial charge is 0.550 e. The molecule has 0 N–H and O–H groups in total. The molecule has 0 spiro atoms. The van der Waals surface area contributed by atoms with Crippen LogP contribution in [0.1, 0.15) is 21.3 Å². The molecule has 4 nitrogen and oxygen atoms in total. The molecule has 0 amide bonds. The maximum atomic E-state index is 8.89. The van der Waals surface area contributed by atoms with Crippen molar-refractivity contribution in [3.63, 3.8) is 0 Å². The van der Waals surface area contributed by atoms with Gasteiger partial charge in [-0.2, -0.15) is 0 Å². The quantitative estimate of drug-likeness (QED) is 0.429. The first-order chi connectivity index (χ1) is 3.46. The van der Waals surface area contributed by atoms with Crippen LogP contribution in [0.3, 0.4) is 0 Å². The van der Waals surface area contributed by atoms with Gasteiger partial charge in [0.05, 0.1) is 0 Å². The minimum atomic E-state index is -1.08. The van der Waals surface area contributed by atoms with Gasteiger partial charge in [-0.3, -0.25) is 0 Å². The van der Waals surface area contributed by atoms with Crippen LogP contribution in [0, 0.1) is 0 Å². The van der Waals surface area contributed by atoms with Crippen LogP contribution in [0.5, 0.6) is 0 Å². The molecule has 0 heterocycles. The van der Waals surface area contributed by atoms with Crippen molar-refractivity contribution < 1.29 is 39.3 Å². The van der Waals surface area contributed by atoms with Crippen molar-refractivity contribution in [3.05, 3.63) is 0 Å². The van der Waals surface area contributed by atoms with E-state index in [4.69, 9.17) is 19.8 Å². The van der Waals surface area contributed by atoms with Gasteiger partial charge in [-0.1, -0.05) is 7.43 Å². The molecule has 0 bridgehead atoms. The Morgan fingerprint density at radius 1 is 1.00 bits per heavy atom. The number of rotatable bonds is 0. The Morgan fingerprint density at radius 2 is 1.00 bits per heavy atom. The first-order valence-electron chi connectivity index (χ1n) is 1.82. The Labute approximate surface area is 73.0 Å². The number of carbonyl (C=O) groups is 2. The summed E-state index contributed by atoms with van der Waals surface area (Å²) in [6.07, 6.45) is 0. The molecule has 0 aromatic rings. The summed E-state index contributed by atoms with van der Waals surface area (Å²) < 4.78 is 0. The maximum absolute atomic E-state index is 8.89.